The van der Waals surface area contributed by atoms with E-state index in [1.807, 2.05) is 6.92 Å². The molecule has 1 fully saturated rings. The number of benzene rings is 1. The molecule has 1 aromatic rings. The highest BCUT2D eigenvalue weighted by molar-refractivity contribution is 7.89. The van der Waals surface area contributed by atoms with Gasteiger partial charge in [0.15, 0.2) is 6.61 Å². The largest absolute Gasteiger partial charge is 0.452 e. The number of esters is 1. The van der Waals surface area contributed by atoms with E-state index < -0.39 is 16.0 Å². The summed E-state index contributed by atoms with van der Waals surface area (Å²) in [5.41, 5.74) is 0.212. The Morgan fingerprint density at radius 1 is 1.14 bits per heavy atom. The van der Waals surface area contributed by atoms with Gasteiger partial charge in [0.1, 0.15) is 0 Å². The summed E-state index contributed by atoms with van der Waals surface area (Å²) in [5.74, 6) is -0.996. The molecule has 0 spiro atoms. The second-order valence-corrected chi connectivity index (χ2v) is 9.11. The second-order valence-electron chi connectivity index (χ2n) is 7.18. The van der Waals surface area contributed by atoms with E-state index in [4.69, 9.17) is 4.74 Å². The first kappa shape index (κ1) is 22.4. The van der Waals surface area contributed by atoms with Gasteiger partial charge in [-0.05, 0) is 50.5 Å². The van der Waals surface area contributed by atoms with Crippen molar-refractivity contribution in [3.63, 3.8) is 0 Å². The molecule has 1 saturated heterocycles. The second kappa shape index (κ2) is 10.6. The highest BCUT2D eigenvalue weighted by Gasteiger charge is 2.27. The molecule has 0 saturated carbocycles. The number of amides is 1. The van der Waals surface area contributed by atoms with Gasteiger partial charge in [-0.25, -0.2) is 13.2 Å². The summed E-state index contributed by atoms with van der Waals surface area (Å²) in [6, 6.07) is 5.67. The number of hydrogen-bond acceptors (Lipinski definition) is 5. The lowest BCUT2D eigenvalue weighted by Crippen LogP contribution is -2.35. The number of carbonyl (C=O) groups excluding carboxylic acids is 2. The van der Waals surface area contributed by atoms with Crippen LogP contribution in [0.1, 0.15) is 62.7 Å². The number of nitrogens with one attached hydrogen (secondary N) is 1. The highest BCUT2D eigenvalue weighted by atomic mass is 32.2. The van der Waals surface area contributed by atoms with Gasteiger partial charge in [-0.2, -0.15) is 4.31 Å². The number of carbonyl (C=O) groups is 2. The molecule has 7 nitrogen and oxygen atoms in total. The molecule has 0 unspecified atom stereocenters. The Kier molecular flexibility index (Phi) is 8.44. The Labute approximate surface area is 167 Å². The number of hydrogen-bond donors (Lipinski definition) is 1. The third-order valence-electron chi connectivity index (χ3n) is 4.78. The lowest BCUT2D eigenvalue weighted by Gasteiger charge is -2.15. The van der Waals surface area contributed by atoms with Gasteiger partial charge in [-0.3, -0.25) is 4.79 Å². The van der Waals surface area contributed by atoms with E-state index in [1.165, 1.54) is 28.6 Å². The monoisotopic (exact) mass is 410 g/mol. The number of unbranched alkanes of at least 4 members (excludes halogenated alkanes) is 2. The molecule has 1 aliphatic rings. The van der Waals surface area contributed by atoms with Gasteiger partial charge < -0.3 is 10.1 Å². The van der Waals surface area contributed by atoms with Crippen molar-refractivity contribution < 1.29 is 22.7 Å². The maximum atomic E-state index is 12.5. The molecule has 8 heteroatoms. The third-order valence-corrected chi connectivity index (χ3v) is 6.69. The molecule has 0 radical (unpaired) electrons. The average Bonchev–Trinajstić information content (AvgIpc) is 3.22. The van der Waals surface area contributed by atoms with E-state index in [0.717, 1.165) is 38.5 Å². The van der Waals surface area contributed by atoms with E-state index in [9.17, 15) is 18.0 Å². The van der Waals surface area contributed by atoms with Gasteiger partial charge >= 0.3 is 5.97 Å². The highest BCUT2D eigenvalue weighted by Crippen LogP contribution is 2.21. The van der Waals surface area contributed by atoms with E-state index in [-0.39, 0.29) is 29.0 Å². The van der Waals surface area contributed by atoms with E-state index in [2.05, 4.69) is 12.2 Å². The molecule has 0 aromatic heterocycles. The maximum Gasteiger partial charge on any atom is 0.338 e. The summed E-state index contributed by atoms with van der Waals surface area (Å²) in [4.78, 5) is 24.1. The minimum Gasteiger partial charge on any atom is -0.452 e. The molecular formula is C20H30N2O5S. The Hall–Kier alpha value is -1.93. The van der Waals surface area contributed by atoms with Gasteiger partial charge in [0.05, 0.1) is 10.5 Å². The first-order valence-corrected chi connectivity index (χ1v) is 11.3. The van der Waals surface area contributed by atoms with Crippen LogP contribution >= 0.6 is 0 Å². The summed E-state index contributed by atoms with van der Waals surface area (Å²) in [5, 5.41) is 2.80. The number of nitrogens with zero attached hydrogens (tertiary/aromatic N) is 1. The number of rotatable bonds is 10. The molecule has 0 aliphatic carbocycles. The zero-order valence-corrected chi connectivity index (χ0v) is 17.5. The predicted octanol–water partition coefficient (Wildman–Crippen LogP) is 2.71. The third kappa shape index (κ3) is 6.31. The molecule has 2 rings (SSSR count). The fourth-order valence-electron chi connectivity index (χ4n) is 3.14. The summed E-state index contributed by atoms with van der Waals surface area (Å²) < 4.78 is 31.5. The van der Waals surface area contributed by atoms with Gasteiger partial charge in [0.25, 0.3) is 5.91 Å². The van der Waals surface area contributed by atoms with Crippen LogP contribution in [0.4, 0.5) is 0 Å². The van der Waals surface area contributed by atoms with Crippen LogP contribution in [-0.2, 0) is 19.6 Å². The Morgan fingerprint density at radius 3 is 2.39 bits per heavy atom. The molecule has 1 heterocycles. The Balaban J connectivity index is 1.83. The van der Waals surface area contributed by atoms with Gasteiger partial charge in [0, 0.05) is 19.1 Å². The zero-order chi connectivity index (χ0) is 20.6. The maximum absolute atomic E-state index is 12.5. The van der Waals surface area contributed by atoms with E-state index >= 15 is 0 Å². The molecule has 156 valence electrons. The summed E-state index contributed by atoms with van der Waals surface area (Å²) in [6.07, 6.45) is 5.91. The van der Waals surface area contributed by atoms with Crippen molar-refractivity contribution in [3.8, 4) is 0 Å². The van der Waals surface area contributed by atoms with Gasteiger partial charge in [-0.15, -0.1) is 0 Å². The molecule has 1 N–H and O–H groups in total. The lowest BCUT2D eigenvalue weighted by atomic mass is 10.1. The van der Waals surface area contributed by atoms with Crippen LogP contribution in [-0.4, -0.2) is 50.3 Å². The van der Waals surface area contributed by atoms with Crippen molar-refractivity contribution in [2.24, 2.45) is 0 Å². The number of ether oxygens (including phenoxy) is 1. The minimum absolute atomic E-state index is 0.0350. The minimum atomic E-state index is -3.51. The first-order valence-electron chi connectivity index (χ1n) is 9.91. The van der Waals surface area contributed by atoms with Crippen molar-refractivity contribution in [1.29, 1.82) is 0 Å². The van der Waals surface area contributed by atoms with Crippen LogP contribution in [0.15, 0.2) is 29.2 Å². The molecule has 1 aromatic carbocycles. The molecule has 1 amide bonds. The summed E-state index contributed by atoms with van der Waals surface area (Å²) in [6.45, 7) is 4.74. The molecule has 28 heavy (non-hydrogen) atoms. The van der Waals surface area contributed by atoms with E-state index in [0.29, 0.717) is 13.1 Å². The van der Waals surface area contributed by atoms with Crippen molar-refractivity contribution >= 4 is 21.9 Å². The Morgan fingerprint density at radius 2 is 1.79 bits per heavy atom. The first-order chi connectivity index (χ1) is 13.3. The van der Waals surface area contributed by atoms with Crippen molar-refractivity contribution in [2.75, 3.05) is 19.7 Å². The zero-order valence-electron chi connectivity index (χ0n) is 16.6. The van der Waals surface area contributed by atoms with Gasteiger partial charge in [-0.1, -0.05) is 26.2 Å². The molecule has 1 atom stereocenters. The van der Waals surface area contributed by atoms with Crippen molar-refractivity contribution in [2.45, 2.75) is 63.3 Å². The lowest BCUT2D eigenvalue weighted by molar-refractivity contribution is -0.124. The summed E-state index contributed by atoms with van der Waals surface area (Å²) in [7, 11) is -3.51. The summed E-state index contributed by atoms with van der Waals surface area (Å²) >= 11 is 0. The SMILES string of the molecule is CCCCC[C@H](C)NC(=O)COC(=O)c1ccc(S(=O)(=O)N2CCCC2)cc1. The van der Waals surface area contributed by atoms with Crippen LogP contribution in [0.3, 0.4) is 0 Å². The van der Waals surface area contributed by atoms with Crippen molar-refractivity contribution in [3.05, 3.63) is 29.8 Å². The molecule has 0 bridgehead atoms. The predicted molar refractivity (Wildman–Crippen MR) is 106 cm³/mol. The average molecular weight is 411 g/mol. The fourth-order valence-corrected chi connectivity index (χ4v) is 4.66. The molecular weight excluding hydrogens is 380 g/mol. The normalized spacial score (nSPS) is 15.9. The smallest absolute Gasteiger partial charge is 0.338 e. The fraction of sp³-hybridized carbons (Fsp3) is 0.600. The van der Waals surface area contributed by atoms with Crippen LogP contribution in [0, 0.1) is 0 Å². The molecule has 1 aliphatic heterocycles. The van der Waals surface area contributed by atoms with Crippen LogP contribution in [0.2, 0.25) is 0 Å². The van der Waals surface area contributed by atoms with E-state index in [1.54, 1.807) is 0 Å². The standard InChI is InChI=1S/C20H30N2O5S/c1-3-4-5-8-16(2)21-19(23)15-27-20(24)17-9-11-18(12-10-17)28(25,26)22-13-6-7-14-22/h9-12,16H,3-8,13-15H2,1-2H3,(H,21,23)/t16-/m0/s1. The van der Waals surface area contributed by atoms with Gasteiger partial charge in [0.2, 0.25) is 10.0 Å². The number of sulfonamides is 1. The van der Waals surface area contributed by atoms with Crippen LogP contribution in [0.5, 0.6) is 0 Å². The topological polar surface area (TPSA) is 92.8 Å². The Bertz CT molecular complexity index is 755. The van der Waals surface area contributed by atoms with Crippen molar-refractivity contribution in [1.82, 2.24) is 9.62 Å². The van der Waals surface area contributed by atoms with Crippen LogP contribution in [0.25, 0.3) is 0 Å². The quantitative estimate of drug-likeness (QED) is 0.473. The van der Waals surface area contributed by atoms with Crippen LogP contribution < -0.4 is 5.32 Å².